The molecule has 10 nitrogen and oxygen atoms in total. The van der Waals surface area contributed by atoms with Crippen molar-refractivity contribution >= 4 is 28.5 Å². The normalized spacial score (nSPS) is 23.3. The Kier molecular flexibility index (Phi) is 10.8. The number of hydrogen-bond acceptors (Lipinski definition) is 9. The van der Waals surface area contributed by atoms with E-state index in [0.717, 1.165) is 36.4 Å². The maximum absolute atomic E-state index is 12.7. The Morgan fingerprint density at radius 1 is 1.26 bits per heavy atom. The smallest absolute Gasteiger partial charge is 0.247 e. The summed E-state index contributed by atoms with van der Waals surface area (Å²) in [7, 11) is 1.51. The molecule has 1 aromatic carbocycles. The topological polar surface area (TPSA) is 133 Å². The predicted molar refractivity (Wildman–Crippen MR) is 134 cm³/mol. The molecule has 1 aliphatic carbocycles. The Balaban J connectivity index is 1.77. The van der Waals surface area contributed by atoms with Crippen LogP contribution in [0.3, 0.4) is 0 Å². The standard InChI is InChI=1S/C23H34IN3O7/c1-32-20-11-15(14-29)10-17(24)22(20)34-19-13-16(23(31)26-3-7-28)12-18(21(19)30)25-2-4-27-5-8-33-9-6-27/h10-11,13,18-19,21,25,28-30H,2-9,12,14H2,1H3,(H,26,31). The molecular weight excluding hydrogens is 557 g/mol. The van der Waals surface area contributed by atoms with Gasteiger partial charge in [0.2, 0.25) is 5.91 Å². The summed E-state index contributed by atoms with van der Waals surface area (Å²) < 4.78 is 17.7. The minimum absolute atomic E-state index is 0.136. The number of nitrogens with one attached hydrogen (secondary N) is 2. The molecule has 3 unspecified atom stereocenters. The van der Waals surface area contributed by atoms with Crippen LogP contribution in [0.5, 0.6) is 11.5 Å². The lowest BCUT2D eigenvalue weighted by Crippen LogP contribution is -2.53. The highest BCUT2D eigenvalue weighted by Crippen LogP contribution is 2.36. The Morgan fingerprint density at radius 3 is 2.71 bits per heavy atom. The van der Waals surface area contributed by atoms with Crippen LogP contribution in [0.15, 0.2) is 23.8 Å². The van der Waals surface area contributed by atoms with Gasteiger partial charge in [-0.25, -0.2) is 0 Å². The molecule has 5 N–H and O–H groups in total. The molecule has 34 heavy (non-hydrogen) atoms. The third-order valence-electron chi connectivity index (χ3n) is 5.91. The van der Waals surface area contributed by atoms with Crippen molar-refractivity contribution in [1.82, 2.24) is 15.5 Å². The highest BCUT2D eigenvalue weighted by atomic mass is 127. The number of aliphatic hydroxyl groups excluding tert-OH is 3. The molecule has 190 valence electrons. The number of ether oxygens (including phenoxy) is 3. The number of morpholine rings is 1. The van der Waals surface area contributed by atoms with Gasteiger partial charge in [-0.1, -0.05) is 0 Å². The van der Waals surface area contributed by atoms with Gasteiger partial charge in [-0.3, -0.25) is 9.69 Å². The molecular formula is C23H34IN3O7. The maximum atomic E-state index is 12.7. The van der Waals surface area contributed by atoms with E-state index in [1.807, 2.05) is 0 Å². The number of aliphatic hydroxyl groups is 3. The van der Waals surface area contributed by atoms with E-state index in [4.69, 9.17) is 19.3 Å². The molecule has 0 spiro atoms. The van der Waals surface area contributed by atoms with E-state index in [2.05, 4.69) is 38.1 Å². The summed E-state index contributed by atoms with van der Waals surface area (Å²) >= 11 is 2.09. The summed E-state index contributed by atoms with van der Waals surface area (Å²) in [5.41, 5.74) is 1.16. The first-order valence-electron chi connectivity index (χ1n) is 11.4. The van der Waals surface area contributed by atoms with Crippen molar-refractivity contribution in [1.29, 1.82) is 0 Å². The van der Waals surface area contributed by atoms with Gasteiger partial charge < -0.3 is 40.2 Å². The fraction of sp³-hybridized carbons (Fsp3) is 0.609. The lowest BCUT2D eigenvalue weighted by molar-refractivity contribution is -0.118. The fourth-order valence-corrected chi connectivity index (χ4v) is 4.84. The van der Waals surface area contributed by atoms with Crippen LogP contribution in [0.2, 0.25) is 0 Å². The second kappa shape index (κ2) is 13.6. The molecule has 3 rings (SSSR count). The molecule has 0 aromatic heterocycles. The molecule has 1 aromatic rings. The lowest BCUT2D eigenvalue weighted by Gasteiger charge is -2.35. The number of methoxy groups -OCH3 is 1. The number of amides is 1. The van der Waals surface area contributed by atoms with Gasteiger partial charge in [0.25, 0.3) is 0 Å². The van der Waals surface area contributed by atoms with Crippen molar-refractivity contribution in [3.05, 3.63) is 32.9 Å². The Bertz CT molecular complexity index is 848. The summed E-state index contributed by atoms with van der Waals surface area (Å²) in [5.74, 6) is 0.571. The quantitative estimate of drug-likeness (QED) is 0.219. The number of hydrogen-bond donors (Lipinski definition) is 5. The number of carbonyl (C=O) groups is 1. The van der Waals surface area contributed by atoms with Crippen LogP contribution in [0, 0.1) is 3.57 Å². The highest BCUT2D eigenvalue weighted by molar-refractivity contribution is 14.1. The summed E-state index contributed by atoms with van der Waals surface area (Å²) in [6, 6.07) is 3.07. The molecule has 11 heteroatoms. The first kappa shape index (κ1) is 27.1. The minimum Gasteiger partial charge on any atom is -0.493 e. The minimum atomic E-state index is -0.905. The Morgan fingerprint density at radius 2 is 2.03 bits per heavy atom. The molecule has 0 radical (unpaired) electrons. The number of carbonyl (C=O) groups excluding carboxylic acids is 1. The fourth-order valence-electron chi connectivity index (χ4n) is 4.05. The van der Waals surface area contributed by atoms with Gasteiger partial charge in [0.05, 0.1) is 37.1 Å². The molecule has 0 bridgehead atoms. The average molecular weight is 591 g/mol. The van der Waals surface area contributed by atoms with Gasteiger partial charge in [-0.15, -0.1) is 0 Å². The van der Waals surface area contributed by atoms with Crippen molar-refractivity contribution in [2.45, 2.75) is 31.3 Å². The van der Waals surface area contributed by atoms with Crippen LogP contribution in [0.4, 0.5) is 0 Å². The maximum Gasteiger partial charge on any atom is 0.247 e. The molecule has 1 saturated heterocycles. The van der Waals surface area contributed by atoms with E-state index in [1.165, 1.54) is 7.11 Å². The van der Waals surface area contributed by atoms with Crippen molar-refractivity contribution in [3.63, 3.8) is 0 Å². The van der Waals surface area contributed by atoms with Crippen LogP contribution < -0.4 is 20.1 Å². The Hall–Kier alpha value is -1.48. The van der Waals surface area contributed by atoms with Gasteiger partial charge in [0.15, 0.2) is 11.5 Å². The first-order valence-corrected chi connectivity index (χ1v) is 12.5. The largest absolute Gasteiger partial charge is 0.493 e. The summed E-state index contributed by atoms with van der Waals surface area (Å²) in [5, 5.41) is 35.8. The SMILES string of the molecule is COc1cc(CO)cc(I)c1OC1C=C(C(=O)NCCO)CC(NCCN2CCOCC2)C1O. The van der Waals surface area contributed by atoms with Crippen LogP contribution in [0.1, 0.15) is 12.0 Å². The van der Waals surface area contributed by atoms with Gasteiger partial charge in [-0.05, 0) is 52.8 Å². The monoisotopic (exact) mass is 591 g/mol. The molecule has 3 atom stereocenters. The van der Waals surface area contributed by atoms with E-state index in [9.17, 15) is 15.0 Å². The molecule has 1 fully saturated rings. The predicted octanol–water partition coefficient (Wildman–Crippen LogP) is -0.371. The van der Waals surface area contributed by atoms with E-state index in [-0.39, 0.29) is 25.7 Å². The number of halogens is 1. The lowest BCUT2D eigenvalue weighted by atomic mass is 9.89. The summed E-state index contributed by atoms with van der Waals surface area (Å²) in [6.07, 6.45) is 0.260. The van der Waals surface area contributed by atoms with Crippen molar-refractivity contribution < 1.29 is 34.3 Å². The summed E-state index contributed by atoms with van der Waals surface area (Å²) in [6.45, 7) is 4.49. The van der Waals surface area contributed by atoms with Crippen molar-refractivity contribution in [3.8, 4) is 11.5 Å². The van der Waals surface area contributed by atoms with Crippen molar-refractivity contribution in [2.24, 2.45) is 0 Å². The Labute approximate surface area is 213 Å². The first-order chi connectivity index (χ1) is 16.5. The molecule has 2 aliphatic rings. The third-order valence-corrected chi connectivity index (χ3v) is 6.71. The van der Waals surface area contributed by atoms with Crippen LogP contribution in [-0.2, 0) is 16.1 Å². The van der Waals surface area contributed by atoms with Crippen LogP contribution in [0.25, 0.3) is 0 Å². The van der Waals surface area contributed by atoms with Gasteiger partial charge in [-0.2, -0.15) is 0 Å². The van der Waals surface area contributed by atoms with E-state index >= 15 is 0 Å². The van der Waals surface area contributed by atoms with E-state index in [0.29, 0.717) is 35.6 Å². The average Bonchev–Trinajstić information content (AvgIpc) is 2.85. The molecule has 1 amide bonds. The van der Waals surface area contributed by atoms with Gasteiger partial charge in [0, 0.05) is 44.3 Å². The number of benzene rings is 1. The zero-order valence-electron chi connectivity index (χ0n) is 19.3. The second-order valence-electron chi connectivity index (χ2n) is 8.23. The second-order valence-corrected chi connectivity index (χ2v) is 9.39. The molecule has 0 saturated carbocycles. The van der Waals surface area contributed by atoms with Crippen molar-refractivity contribution in [2.75, 3.05) is 59.7 Å². The number of rotatable bonds is 11. The van der Waals surface area contributed by atoms with E-state index < -0.39 is 18.2 Å². The van der Waals surface area contributed by atoms with Gasteiger partial charge >= 0.3 is 0 Å². The zero-order valence-corrected chi connectivity index (χ0v) is 21.5. The third kappa shape index (κ3) is 7.26. The molecule has 1 heterocycles. The number of nitrogens with zero attached hydrogens (tertiary/aromatic N) is 1. The van der Waals surface area contributed by atoms with Gasteiger partial charge in [0.1, 0.15) is 12.2 Å². The van der Waals surface area contributed by atoms with Crippen LogP contribution >= 0.6 is 22.6 Å². The highest BCUT2D eigenvalue weighted by Gasteiger charge is 2.36. The molecule has 1 aliphatic heterocycles. The van der Waals surface area contributed by atoms with Crippen LogP contribution in [-0.4, -0.2) is 104 Å². The van der Waals surface area contributed by atoms with E-state index in [1.54, 1.807) is 18.2 Å². The summed E-state index contributed by atoms with van der Waals surface area (Å²) in [4.78, 5) is 15.0. The zero-order chi connectivity index (χ0) is 24.5.